The number of nitrogens with zero attached hydrogens (tertiary/aromatic N) is 2. The summed E-state index contributed by atoms with van der Waals surface area (Å²) in [6.07, 6.45) is 0. The lowest BCUT2D eigenvalue weighted by Gasteiger charge is -2.47. The fourth-order valence-electron chi connectivity index (χ4n) is 4.35. The van der Waals surface area contributed by atoms with Gasteiger partial charge in [-0.1, -0.05) is 28.1 Å². The van der Waals surface area contributed by atoms with Crippen LogP contribution in [0.3, 0.4) is 0 Å². The quantitative estimate of drug-likeness (QED) is 0.366. The molecule has 0 atom stereocenters. The first-order chi connectivity index (χ1) is 16.9. The predicted octanol–water partition coefficient (Wildman–Crippen LogP) is 5.89. The second kappa shape index (κ2) is 10.6. The van der Waals surface area contributed by atoms with E-state index in [2.05, 4.69) is 41.5 Å². The molecule has 10 heteroatoms. The van der Waals surface area contributed by atoms with Crippen LogP contribution in [-0.2, 0) is 16.6 Å². The van der Waals surface area contributed by atoms with Crippen LogP contribution in [0.25, 0.3) is 0 Å². The molecule has 1 amide bonds. The van der Waals surface area contributed by atoms with Gasteiger partial charge in [-0.2, -0.15) is 0 Å². The molecule has 36 heavy (non-hydrogen) atoms. The Morgan fingerprint density at radius 1 is 1.00 bits per heavy atom. The number of benzene rings is 3. The summed E-state index contributed by atoms with van der Waals surface area (Å²) in [5.74, 6) is -0.361. The molecular formula is C26H26Br2FN3O3S. The lowest BCUT2D eigenvalue weighted by molar-refractivity contribution is 0.0159. The minimum atomic E-state index is -3.82. The Hall–Kier alpha value is -2.27. The largest absolute Gasteiger partial charge is 0.331 e. The number of hydrogen-bond donors (Lipinski definition) is 1. The van der Waals surface area contributed by atoms with Crippen molar-refractivity contribution in [3.8, 4) is 0 Å². The van der Waals surface area contributed by atoms with Gasteiger partial charge in [0, 0.05) is 46.4 Å². The minimum Gasteiger partial charge on any atom is -0.331 e. The lowest BCUT2D eigenvalue weighted by atomic mass is 9.96. The number of halogens is 3. The van der Waals surface area contributed by atoms with Gasteiger partial charge in [-0.15, -0.1) is 0 Å². The fourth-order valence-corrected chi connectivity index (χ4v) is 6.91. The van der Waals surface area contributed by atoms with Gasteiger partial charge in [-0.3, -0.25) is 14.4 Å². The first-order valence-electron chi connectivity index (χ1n) is 11.3. The molecular weight excluding hydrogens is 613 g/mol. The van der Waals surface area contributed by atoms with E-state index in [1.54, 1.807) is 48.5 Å². The number of amides is 1. The van der Waals surface area contributed by atoms with Crippen LogP contribution in [0.5, 0.6) is 0 Å². The molecule has 1 aliphatic rings. The van der Waals surface area contributed by atoms with Crippen LogP contribution in [0, 0.1) is 5.82 Å². The van der Waals surface area contributed by atoms with Crippen LogP contribution in [-0.4, -0.2) is 49.3 Å². The Balaban J connectivity index is 1.43. The third-order valence-electron chi connectivity index (χ3n) is 6.11. The maximum absolute atomic E-state index is 13.3. The first-order valence-corrected chi connectivity index (χ1v) is 14.4. The van der Waals surface area contributed by atoms with Crippen molar-refractivity contribution in [2.45, 2.75) is 30.8 Å². The molecule has 3 aromatic carbocycles. The molecule has 0 bridgehead atoms. The van der Waals surface area contributed by atoms with Crippen LogP contribution in [0.1, 0.15) is 29.8 Å². The second-order valence-electron chi connectivity index (χ2n) is 9.36. The van der Waals surface area contributed by atoms with Gasteiger partial charge < -0.3 is 4.90 Å². The summed E-state index contributed by atoms with van der Waals surface area (Å²) in [6.45, 7) is 6.68. The smallest absolute Gasteiger partial charge is 0.263 e. The van der Waals surface area contributed by atoms with Crippen LogP contribution >= 0.6 is 31.9 Å². The molecule has 4 rings (SSSR count). The van der Waals surface area contributed by atoms with Crippen LogP contribution < -0.4 is 4.72 Å². The zero-order valence-electron chi connectivity index (χ0n) is 19.8. The third-order valence-corrected chi connectivity index (χ3v) is 8.98. The number of anilines is 1. The number of rotatable bonds is 6. The monoisotopic (exact) mass is 637 g/mol. The molecule has 0 aliphatic carbocycles. The van der Waals surface area contributed by atoms with E-state index in [9.17, 15) is 17.6 Å². The summed E-state index contributed by atoms with van der Waals surface area (Å²) < 4.78 is 42.6. The molecule has 0 saturated carbocycles. The van der Waals surface area contributed by atoms with Crippen LogP contribution in [0.15, 0.2) is 80.6 Å². The average Bonchev–Trinajstić information content (AvgIpc) is 2.81. The van der Waals surface area contributed by atoms with Crippen molar-refractivity contribution in [2.24, 2.45) is 0 Å². The van der Waals surface area contributed by atoms with Gasteiger partial charge in [-0.05, 0) is 89.9 Å². The molecule has 0 aromatic heterocycles. The summed E-state index contributed by atoms with van der Waals surface area (Å²) in [4.78, 5) is 17.6. The number of carbonyl (C=O) groups is 1. The topological polar surface area (TPSA) is 69.7 Å². The number of nitrogens with one attached hydrogen (secondary N) is 1. The number of piperazine rings is 1. The summed E-state index contributed by atoms with van der Waals surface area (Å²) in [6, 6.07) is 17.9. The molecule has 1 N–H and O–H groups in total. The molecule has 1 saturated heterocycles. The molecule has 3 aromatic rings. The lowest BCUT2D eigenvalue weighted by Crippen LogP contribution is -2.60. The third kappa shape index (κ3) is 6.16. The van der Waals surface area contributed by atoms with Crippen molar-refractivity contribution in [2.75, 3.05) is 24.4 Å². The van der Waals surface area contributed by atoms with Gasteiger partial charge >= 0.3 is 0 Å². The van der Waals surface area contributed by atoms with E-state index in [1.165, 1.54) is 18.2 Å². The van der Waals surface area contributed by atoms with Gasteiger partial charge in [0.25, 0.3) is 15.9 Å². The van der Waals surface area contributed by atoms with E-state index >= 15 is 0 Å². The van der Waals surface area contributed by atoms with Gasteiger partial charge in [0.1, 0.15) is 10.7 Å². The first kappa shape index (κ1) is 26.8. The molecule has 1 fully saturated rings. The van der Waals surface area contributed by atoms with Crippen molar-refractivity contribution in [1.82, 2.24) is 9.80 Å². The van der Waals surface area contributed by atoms with E-state index in [4.69, 9.17) is 0 Å². The fraction of sp³-hybridized carbons (Fsp3) is 0.269. The van der Waals surface area contributed by atoms with Gasteiger partial charge in [0.05, 0.1) is 5.54 Å². The highest BCUT2D eigenvalue weighted by Gasteiger charge is 2.37. The highest BCUT2D eigenvalue weighted by atomic mass is 79.9. The van der Waals surface area contributed by atoms with Crippen molar-refractivity contribution in [3.63, 3.8) is 0 Å². The molecule has 1 aliphatic heterocycles. The zero-order valence-corrected chi connectivity index (χ0v) is 23.8. The minimum absolute atomic E-state index is 0.106. The van der Waals surface area contributed by atoms with E-state index in [0.29, 0.717) is 46.4 Å². The van der Waals surface area contributed by atoms with Crippen LogP contribution in [0.4, 0.5) is 10.1 Å². The number of carbonyl (C=O) groups excluding carboxylic acids is 1. The SMILES string of the molecule is CC1(C)CN(Cc2ccc(F)cc2)CCN1C(=O)c1ccc(NS(=O)(=O)c2cc(Br)ccc2Br)cc1. The average molecular weight is 639 g/mol. The Morgan fingerprint density at radius 2 is 1.67 bits per heavy atom. The second-order valence-corrected chi connectivity index (χ2v) is 12.8. The maximum Gasteiger partial charge on any atom is 0.263 e. The zero-order chi connectivity index (χ0) is 26.1. The Kier molecular flexibility index (Phi) is 7.89. The predicted molar refractivity (Wildman–Crippen MR) is 146 cm³/mol. The van der Waals surface area contributed by atoms with Crippen molar-refractivity contribution < 1.29 is 17.6 Å². The molecule has 190 valence electrons. The Morgan fingerprint density at radius 3 is 2.31 bits per heavy atom. The summed E-state index contributed by atoms with van der Waals surface area (Å²) in [5.41, 5.74) is 1.46. The number of hydrogen-bond acceptors (Lipinski definition) is 4. The molecule has 1 heterocycles. The van der Waals surface area contributed by atoms with E-state index in [1.807, 2.05) is 18.7 Å². The van der Waals surface area contributed by atoms with Crippen molar-refractivity contribution in [1.29, 1.82) is 0 Å². The van der Waals surface area contributed by atoms with E-state index in [0.717, 1.165) is 5.56 Å². The Labute approximate surface area is 227 Å². The molecule has 0 spiro atoms. The van der Waals surface area contributed by atoms with E-state index < -0.39 is 15.6 Å². The summed E-state index contributed by atoms with van der Waals surface area (Å²) in [7, 11) is -3.82. The highest BCUT2D eigenvalue weighted by Crippen LogP contribution is 2.28. The summed E-state index contributed by atoms with van der Waals surface area (Å²) in [5, 5.41) is 0. The van der Waals surface area contributed by atoms with Crippen LogP contribution in [0.2, 0.25) is 0 Å². The highest BCUT2D eigenvalue weighted by molar-refractivity contribution is 9.11. The molecule has 6 nitrogen and oxygen atoms in total. The van der Waals surface area contributed by atoms with Gasteiger partial charge in [0.15, 0.2) is 0 Å². The molecule has 0 unspecified atom stereocenters. The number of sulfonamides is 1. The Bertz CT molecular complexity index is 1360. The molecule has 0 radical (unpaired) electrons. The van der Waals surface area contributed by atoms with E-state index in [-0.39, 0.29) is 16.6 Å². The van der Waals surface area contributed by atoms with Gasteiger partial charge in [-0.25, -0.2) is 12.8 Å². The van der Waals surface area contributed by atoms with Crippen molar-refractivity contribution >= 4 is 53.5 Å². The van der Waals surface area contributed by atoms with Crippen molar-refractivity contribution in [3.05, 3.63) is 92.6 Å². The normalized spacial score (nSPS) is 16.1. The summed E-state index contributed by atoms with van der Waals surface area (Å²) >= 11 is 6.58. The standard InChI is InChI=1S/C26H26Br2FN3O3S/c1-26(2)17-31(16-18-3-8-21(29)9-4-18)13-14-32(26)25(33)19-5-10-22(11-6-19)30-36(34,35)24-15-20(27)7-12-23(24)28/h3-12,15,30H,13-14,16-17H2,1-2H3. The maximum atomic E-state index is 13.3. The van der Waals surface area contributed by atoms with Gasteiger partial charge in [0.2, 0.25) is 0 Å².